The van der Waals surface area contributed by atoms with Gasteiger partial charge in [0.05, 0.1) is 12.7 Å². The monoisotopic (exact) mass is 372 g/mol. The third kappa shape index (κ3) is 6.03. The zero-order chi connectivity index (χ0) is 18.8. The van der Waals surface area contributed by atoms with Gasteiger partial charge >= 0.3 is 0 Å². The Hall–Kier alpha value is -2.62. The first-order valence-corrected chi connectivity index (χ1v) is 8.75. The highest BCUT2D eigenvalue weighted by molar-refractivity contribution is 6.31. The number of carbonyl (C=O) groups excluding carboxylic acids is 1. The predicted molar refractivity (Wildman–Crippen MR) is 100 cm³/mol. The number of carbonyl (C=O) groups is 1. The fourth-order valence-corrected chi connectivity index (χ4v) is 2.47. The maximum absolute atomic E-state index is 12.1. The lowest BCUT2D eigenvalue weighted by atomic mass is 10.2. The quantitative estimate of drug-likeness (QED) is 0.417. The van der Waals surface area contributed by atoms with Crippen LogP contribution in [-0.2, 0) is 16.1 Å². The minimum absolute atomic E-state index is 0.0405. The van der Waals surface area contributed by atoms with E-state index in [1.807, 2.05) is 37.3 Å². The third-order valence-corrected chi connectivity index (χ3v) is 3.94. The highest BCUT2D eigenvalue weighted by Gasteiger charge is 2.09. The van der Waals surface area contributed by atoms with Crippen LogP contribution in [0.2, 0.25) is 5.02 Å². The second-order valence-corrected chi connectivity index (χ2v) is 5.95. The standard InChI is InChI=1S/C19H21ClN4O2/c1-2-26-9-5-8-22-19(25)17(11-21)10-15-12-23-24(13-15)14-16-6-3-4-7-18(16)20/h3-4,6-7,10,12-13H,2,5,8-9,14H2,1H3,(H,22,25)/b17-10+. The van der Waals surface area contributed by atoms with Gasteiger partial charge < -0.3 is 10.1 Å². The number of benzene rings is 1. The van der Waals surface area contributed by atoms with Crippen molar-refractivity contribution in [3.8, 4) is 6.07 Å². The molecule has 0 aliphatic carbocycles. The molecule has 6 nitrogen and oxygen atoms in total. The maximum atomic E-state index is 12.1. The van der Waals surface area contributed by atoms with Crippen molar-refractivity contribution in [3.05, 3.63) is 58.4 Å². The Bertz CT molecular complexity index is 808. The Labute approximate surface area is 158 Å². The van der Waals surface area contributed by atoms with Crippen molar-refractivity contribution in [2.75, 3.05) is 19.8 Å². The highest BCUT2D eigenvalue weighted by Crippen LogP contribution is 2.16. The third-order valence-electron chi connectivity index (χ3n) is 3.57. The normalized spacial score (nSPS) is 11.2. The molecule has 7 heteroatoms. The summed E-state index contributed by atoms with van der Waals surface area (Å²) in [5, 5.41) is 16.9. The SMILES string of the molecule is CCOCCCNC(=O)/C(C#N)=C/c1cnn(Cc2ccccc2Cl)c1. The molecule has 0 aliphatic heterocycles. The van der Waals surface area contributed by atoms with E-state index in [1.165, 1.54) is 6.08 Å². The first-order chi connectivity index (χ1) is 12.6. The van der Waals surface area contributed by atoms with Crippen LogP contribution < -0.4 is 5.32 Å². The molecule has 1 aromatic carbocycles. The topological polar surface area (TPSA) is 79.9 Å². The van der Waals surface area contributed by atoms with E-state index in [-0.39, 0.29) is 5.57 Å². The summed E-state index contributed by atoms with van der Waals surface area (Å²) in [6.45, 7) is 4.12. The molecular formula is C19H21ClN4O2. The molecule has 0 saturated heterocycles. The van der Waals surface area contributed by atoms with Gasteiger partial charge in [-0.15, -0.1) is 0 Å². The molecule has 1 amide bonds. The van der Waals surface area contributed by atoms with Crippen LogP contribution in [0.25, 0.3) is 6.08 Å². The van der Waals surface area contributed by atoms with Gasteiger partial charge in [-0.25, -0.2) is 0 Å². The molecule has 2 rings (SSSR count). The maximum Gasteiger partial charge on any atom is 0.261 e. The van der Waals surface area contributed by atoms with Crippen LogP contribution in [0.15, 0.2) is 42.2 Å². The molecule has 1 heterocycles. The number of hydrogen-bond donors (Lipinski definition) is 1. The fourth-order valence-electron chi connectivity index (χ4n) is 2.27. The van der Waals surface area contributed by atoms with Crippen molar-refractivity contribution < 1.29 is 9.53 Å². The number of nitrogens with zero attached hydrogens (tertiary/aromatic N) is 3. The number of halogens is 1. The Kier molecular flexibility index (Phi) is 7.87. The van der Waals surface area contributed by atoms with Crippen molar-refractivity contribution in [2.45, 2.75) is 19.9 Å². The molecule has 1 aromatic heterocycles. The number of nitriles is 1. The average Bonchev–Trinajstić information content (AvgIpc) is 3.08. The first-order valence-electron chi connectivity index (χ1n) is 8.37. The summed E-state index contributed by atoms with van der Waals surface area (Å²) in [6.07, 6.45) is 5.60. The molecule has 0 fully saturated rings. The lowest BCUT2D eigenvalue weighted by molar-refractivity contribution is -0.117. The molecule has 0 spiro atoms. The summed E-state index contributed by atoms with van der Waals surface area (Å²) < 4.78 is 6.92. The molecule has 0 bridgehead atoms. The van der Waals surface area contributed by atoms with E-state index < -0.39 is 5.91 Å². The fraction of sp³-hybridized carbons (Fsp3) is 0.316. The zero-order valence-corrected chi connectivity index (χ0v) is 15.4. The number of ether oxygens (including phenoxy) is 1. The van der Waals surface area contributed by atoms with Gasteiger partial charge in [0.25, 0.3) is 5.91 Å². The lowest BCUT2D eigenvalue weighted by Gasteiger charge is -2.04. The van der Waals surface area contributed by atoms with Crippen molar-refractivity contribution in [1.29, 1.82) is 5.26 Å². The van der Waals surface area contributed by atoms with Crippen LogP contribution in [-0.4, -0.2) is 35.4 Å². The Morgan fingerprint density at radius 2 is 2.27 bits per heavy atom. The summed E-state index contributed by atoms with van der Waals surface area (Å²) in [7, 11) is 0. The molecule has 1 N–H and O–H groups in total. The van der Waals surface area contributed by atoms with E-state index in [2.05, 4.69) is 10.4 Å². The van der Waals surface area contributed by atoms with Gasteiger partial charge in [0, 0.05) is 36.5 Å². The Morgan fingerprint density at radius 3 is 3.00 bits per heavy atom. The number of rotatable bonds is 9. The van der Waals surface area contributed by atoms with Gasteiger partial charge in [-0.2, -0.15) is 10.4 Å². The van der Waals surface area contributed by atoms with Crippen LogP contribution in [0.4, 0.5) is 0 Å². The summed E-state index contributed by atoms with van der Waals surface area (Å²) >= 11 is 6.15. The lowest BCUT2D eigenvalue weighted by Crippen LogP contribution is -2.26. The Morgan fingerprint density at radius 1 is 1.46 bits per heavy atom. The number of aromatic nitrogens is 2. The van der Waals surface area contributed by atoms with Gasteiger partial charge in [-0.05, 0) is 31.1 Å². The second kappa shape index (κ2) is 10.4. The molecule has 0 atom stereocenters. The molecule has 0 unspecified atom stereocenters. The van der Waals surface area contributed by atoms with E-state index in [4.69, 9.17) is 16.3 Å². The molecule has 2 aromatic rings. The number of nitrogens with one attached hydrogen (secondary N) is 1. The summed E-state index contributed by atoms with van der Waals surface area (Å²) in [4.78, 5) is 12.1. The number of amides is 1. The average molecular weight is 373 g/mol. The van der Waals surface area contributed by atoms with Gasteiger partial charge in [0.2, 0.25) is 0 Å². The van der Waals surface area contributed by atoms with Crippen molar-refractivity contribution in [3.63, 3.8) is 0 Å². The van der Waals surface area contributed by atoms with Gasteiger partial charge in [0.1, 0.15) is 11.6 Å². The van der Waals surface area contributed by atoms with Crippen LogP contribution >= 0.6 is 11.6 Å². The van der Waals surface area contributed by atoms with Crippen molar-refractivity contribution >= 4 is 23.6 Å². The van der Waals surface area contributed by atoms with Gasteiger partial charge in [-0.1, -0.05) is 29.8 Å². The second-order valence-electron chi connectivity index (χ2n) is 5.54. The first kappa shape index (κ1) is 19.7. The molecule has 136 valence electrons. The Balaban J connectivity index is 1.97. The van der Waals surface area contributed by atoms with E-state index >= 15 is 0 Å². The highest BCUT2D eigenvalue weighted by atomic mass is 35.5. The zero-order valence-electron chi connectivity index (χ0n) is 14.6. The van der Waals surface area contributed by atoms with Gasteiger partial charge in [-0.3, -0.25) is 9.48 Å². The van der Waals surface area contributed by atoms with Crippen LogP contribution in [0.1, 0.15) is 24.5 Å². The largest absolute Gasteiger partial charge is 0.382 e. The van der Waals surface area contributed by atoms with E-state index in [0.29, 0.717) is 43.3 Å². The van der Waals surface area contributed by atoms with Crippen LogP contribution in [0, 0.1) is 11.3 Å². The van der Waals surface area contributed by atoms with Crippen LogP contribution in [0.3, 0.4) is 0 Å². The summed E-state index contributed by atoms with van der Waals surface area (Å²) in [6, 6.07) is 9.46. The summed E-state index contributed by atoms with van der Waals surface area (Å²) in [5.74, 6) is -0.400. The van der Waals surface area contributed by atoms with E-state index in [0.717, 1.165) is 5.56 Å². The minimum Gasteiger partial charge on any atom is -0.382 e. The van der Waals surface area contributed by atoms with E-state index in [1.54, 1.807) is 17.1 Å². The minimum atomic E-state index is -0.400. The predicted octanol–water partition coefficient (Wildman–Crippen LogP) is 3.03. The molecular weight excluding hydrogens is 352 g/mol. The van der Waals surface area contributed by atoms with E-state index in [9.17, 15) is 10.1 Å². The van der Waals surface area contributed by atoms with Crippen LogP contribution in [0.5, 0.6) is 0 Å². The number of hydrogen-bond acceptors (Lipinski definition) is 4. The smallest absolute Gasteiger partial charge is 0.261 e. The molecule has 0 saturated carbocycles. The van der Waals surface area contributed by atoms with Crippen molar-refractivity contribution in [2.24, 2.45) is 0 Å². The molecule has 0 aliphatic rings. The van der Waals surface area contributed by atoms with Crippen molar-refractivity contribution in [1.82, 2.24) is 15.1 Å². The summed E-state index contributed by atoms with van der Waals surface area (Å²) in [5.41, 5.74) is 1.66. The molecule has 0 radical (unpaired) electrons. The molecule has 26 heavy (non-hydrogen) atoms. The van der Waals surface area contributed by atoms with Gasteiger partial charge in [0.15, 0.2) is 0 Å².